The molecule has 2 aromatic rings. The lowest BCUT2D eigenvalue weighted by molar-refractivity contribution is 0.273. The summed E-state index contributed by atoms with van der Waals surface area (Å²) in [6, 6.07) is 12.1. The Morgan fingerprint density at radius 1 is 1.21 bits per heavy atom. The Kier molecular flexibility index (Phi) is 3.47. The van der Waals surface area contributed by atoms with Gasteiger partial charge in [0.2, 0.25) is 0 Å². The van der Waals surface area contributed by atoms with Crippen LogP contribution in [-0.4, -0.2) is 16.7 Å². The fraction of sp³-hybridized carbons (Fsp3) is 0.312. The zero-order chi connectivity index (χ0) is 13.1. The van der Waals surface area contributed by atoms with E-state index >= 15 is 0 Å². The molecule has 1 saturated carbocycles. The predicted octanol–water partition coefficient (Wildman–Crippen LogP) is 2.76. The van der Waals surface area contributed by atoms with Gasteiger partial charge in [-0.2, -0.15) is 0 Å². The average Bonchev–Trinajstić information content (AvgIpc) is 3.26. The van der Waals surface area contributed by atoms with Gasteiger partial charge in [-0.15, -0.1) is 0 Å². The Morgan fingerprint density at radius 3 is 2.79 bits per heavy atom. The first-order valence-electron chi connectivity index (χ1n) is 6.59. The van der Waals surface area contributed by atoms with Gasteiger partial charge in [-0.1, -0.05) is 30.3 Å². The van der Waals surface area contributed by atoms with E-state index in [2.05, 4.69) is 4.98 Å². The molecule has 3 rings (SSSR count). The van der Waals surface area contributed by atoms with Crippen molar-refractivity contribution in [1.82, 2.24) is 4.98 Å². The second-order valence-corrected chi connectivity index (χ2v) is 5.01. The summed E-state index contributed by atoms with van der Waals surface area (Å²) in [7, 11) is 0. The number of benzene rings is 1. The maximum atomic E-state index is 9.11. The molecule has 1 aromatic heterocycles. The molecule has 0 radical (unpaired) electrons. The van der Waals surface area contributed by atoms with Crippen LogP contribution in [0.3, 0.4) is 0 Å². The van der Waals surface area contributed by atoms with E-state index in [1.54, 1.807) is 6.20 Å². The third kappa shape index (κ3) is 2.93. The van der Waals surface area contributed by atoms with Crippen LogP contribution in [0.4, 0.5) is 0 Å². The van der Waals surface area contributed by atoms with Crippen LogP contribution in [0.5, 0.6) is 5.75 Å². The molecule has 0 bridgehead atoms. The van der Waals surface area contributed by atoms with Crippen LogP contribution in [0.25, 0.3) is 0 Å². The van der Waals surface area contributed by atoms with Crippen molar-refractivity contribution >= 4 is 0 Å². The number of rotatable bonds is 5. The maximum absolute atomic E-state index is 9.11. The Labute approximate surface area is 112 Å². The average molecular weight is 255 g/mol. The van der Waals surface area contributed by atoms with Gasteiger partial charge >= 0.3 is 0 Å². The normalized spacial score (nSPS) is 21.1. The highest BCUT2D eigenvalue weighted by Crippen LogP contribution is 2.47. The van der Waals surface area contributed by atoms with Gasteiger partial charge in [-0.25, -0.2) is 0 Å². The van der Waals surface area contributed by atoms with E-state index in [-0.39, 0.29) is 6.61 Å². The van der Waals surface area contributed by atoms with Crippen LogP contribution < -0.4 is 4.74 Å². The number of nitrogens with zero attached hydrogens (tertiary/aromatic N) is 1. The smallest absolute Gasteiger partial charge is 0.138 e. The van der Waals surface area contributed by atoms with E-state index in [9.17, 15) is 0 Å². The summed E-state index contributed by atoms with van der Waals surface area (Å²) < 4.78 is 5.75. The van der Waals surface area contributed by atoms with E-state index in [0.717, 1.165) is 17.7 Å². The topological polar surface area (TPSA) is 42.4 Å². The summed E-state index contributed by atoms with van der Waals surface area (Å²) in [5.74, 6) is 1.66. The van der Waals surface area contributed by atoms with E-state index in [1.807, 2.05) is 42.6 Å². The van der Waals surface area contributed by atoms with Crippen LogP contribution in [0.2, 0.25) is 0 Å². The lowest BCUT2D eigenvalue weighted by atomic mass is 10.1. The first-order valence-corrected chi connectivity index (χ1v) is 6.59. The second-order valence-electron chi connectivity index (χ2n) is 5.01. The van der Waals surface area contributed by atoms with Gasteiger partial charge in [0.15, 0.2) is 0 Å². The second kappa shape index (κ2) is 5.41. The Bertz CT molecular complexity index is 541. The predicted molar refractivity (Wildman–Crippen MR) is 72.9 cm³/mol. The minimum atomic E-state index is 0.264. The van der Waals surface area contributed by atoms with E-state index in [1.165, 1.54) is 5.56 Å². The zero-order valence-electron chi connectivity index (χ0n) is 10.7. The van der Waals surface area contributed by atoms with Crippen molar-refractivity contribution < 1.29 is 9.84 Å². The van der Waals surface area contributed by atoms with E-state index in [4.69, 9.17) is 9.84 Å². The van der Waals surface area contributed by atoms with Gasteiger partial charge in [0.05, 0.1) is 6.20 Å². The quantitative estimate of drug-likeness (QED) is 0.893. The zero-order valence-corrected chi connectivity index (χ0v) is 10.7. The Morgan fingerprint density at radius 2 is 2.05 bits per heavy atom. The van der Waals surface area contributed by atoms with Crippen molar-refractivity contribution in [2.75, 3.05) is 6.61 Å². The number of ether oxygens (including phenoxy) is 1. The molecule has 0 spiro atoms. The standard InChI is InChI=1S/C16H17NO2/c18-10-14-7-16(14)13-6-15(9-17-8-13)19-11-12-4-2-1-3-5-12/h1-6,8-9,14,16,18H,7,10-11H2/t14-,16?/m0/s1. The Balaban J connectivity index is 1.64. The molecule has 1 aliphatic carbocycles. The highest BCUT2D eigenvalue weighted by atomic mass is 16.5. The summed E-state index contributed by atoms with van der Waals surface area (Å²) in [4.78, 5) is 4.22. The molecule has 98 valence electrons. The van der Waals surface area contributed by atoms with Gasteiger partial charge in [0, 0.05) is 12.8 Å². The highest BCUT2D eigenvalue weighted by molar-refractivity contribution is 5.30. The van der Waals surface area contributed by atoms with Crippen LogP contribution >= 0.6 is 0 Å². The van der Waals surface area contributed by atoms with E-state index in [0.29, 0.717) is 18.4 Å². The molecule has 0 amide bonds. The van der Waals surface area contributed by atoms with Gasteiger partial charge in [-0.3, -0.25) is 4.98 Å². The van der Waals surface area contributed by atoms with Gasteiger partial charge in [-0.05, 0) is 35.4 Å². The summed E-state index contributed by atoms with van der Waals surface area (Å²) in [5.41, 5.74) is 2.32. The van der Waals surface area contributed by atoms with Crippen molar-refractivity contribution in [2.45, 2.75) is 18.9 Å². The minimum absolute atomic E-state index is 0.264. The molecule has 1 N–H and O–H groups in total. The molecular formula is C16H17NO2. The molecule has 3 nitrogen and oxygen atoms in total. The lowest BCUT2D eigenvalue weighted by Gasteiger charge is -2.07. The fourth-order valence-electron chi connectivity index (χ4n) is 2.32. The number of hydrogen-bond donors (Lipinski definition) is 1. The molecule has 2 atom stereocenters. The first-order chi connectivity index (χ1) is 9.36. The monoisotopic (exact) mass is 255 g/mol. The maximum Gasteiger partial charge on any atom is 0.138 e. The van der Waals surface area contributed by atoms with Crippen molar-refractivity contribution in [2.24, 2.45) is 5.92 Å². The van der Waals surface area contributed by atoms with Gasteiger partial charge < -0.3 is 9.84 Å². The molecule has 1 heterocycles. The van der Waals surface area contributed by atoms with Gasteiger partial charge in [0.1, 0.15) is 12.4 Å². The molecule has 3 heteroatoms. The fourth-order valence-corrected chi connectivity index (χ4v) is 2.32. The summed E-state index contributed by atoms with van der Waals surface area (Å²) in [5, 5.41) is 9.11. The number of hydrogen-bond acceptors (Lipinski definition) is 3. The minimum Gasteiger partial charge on any atom is -0.487 e. The van der Waals surface area contributed by atoms with Crippen LogP contribution in [0, 0.1) is 5.92 Å². The Hall–Kier alpha value is -1.87. The molecule has 1 unspecified atom stereocenters. The molecule has 0 saturated heterocycles. The van der Waals surface area contributed by atoms with Gasteiger partial charge in [0.25, 0.3) is 0 Å². The van der Waals surface area contributed by atoms with E-state index < -0.39 is 0 Å². The molecule has 1 aromatic carbocycles. The summed E-state index contributed by atoms with van der Waals surface area (Å²) in [6.45, 7) is 0.819. The lowest BCUT2D eigenvalue weighted by Crippen LogP contribution is -1.97. The number of aromatic nitrogens is 1. The number of aliphatic hydroxyl groups excluding tert-OH is 1. The molecule has 1 fully saturated rings. The largest absolute Gasteiger partial charge is 0.487 e. The SMILES string of the molecule is OC[C@@H]1CC1c1cncc(OCc2ccccc2)c1. The highest BCUT2D eigenvalue weighted by Gasteiger charge is 2.37. The summed E-state index contributed by atoms with van der Waals surface area (Å²) in [6.07, 6.45) is 4.67. The number of pyridine rings is 1. The third-order valence-corrected chi connectivity index (χ3v) is 3.57. The molecule has 19 heavy (non-hydrogen) atoms. The number of aliphatic hydroxyl groups is 1. The van der Waals surface area contributed by atoms with Crippen LogP contribution in [0.15, 0.2) is 48.8 Å². The first kappa shape index (κ1) is 12.2. The van der Waals surface area contributed by atoms with Crippen molar-refractivity contribution in [1.29, 1.82) is 0 Å². The molecular weight excluding hydrogens is 238 g/mol. The van der Waals surface area contributed by atoms with Crippen molar-refractivity contribution in [3.05, 3.63) is 59.9 Å². The third-order valence-electron chi connectivity index (χ3n) is 3.57. The van der Waals surface area contributed by atoms with Crippen molar-refractivity contribution in [3.8, 4) is 5.75 Å². The molecule has 0 aliphatic heterocycles. The van der Waals surface area contributed by atoms with Crippen molar-refractivity contribution in [3.63, 3.8) is 0 Å². The molecule has 1 aliphatic rings. The van der Waals surface area contributed by atoms with Crippen LogP contribution in [0.1, 0.15) is 23.5 Å². The van der Waals surface area contributed by atoms with Crippen LogP contribution in [-0.2, 0) is 6.61 Å². The summed E-state index contributed by atoms with van der Waals surface area (Å²) >= 11 is 0.